The van der Waals surface area contributed by atoms with Gasteiger partial charge < -0.3 is 0 Å². The van der Waals surface area contributed by atoms with Crippen LogP contribution in [0.15, 0.2) is 40.3 Å². The van der Waals surface area contributed by atoms with Crippen LogP contribution in [0.25, 0.3) is 5.70 Å². The fraction of sp³-hybridized carbons (Fsp3) is 0.444. The number of aryl methyl sites for hydroxylation is 1. The van der Waals surface area contributed by atoms with E-state index in [9.17, 15) is 0 Å². The Morgan fingerprint density at radius 1 is 1.10 bits per heavy atom. The Kier molecular flexibility index (Phi) is 15.8. The lowest BCUT2D eigenvalue weighted by Crippen LogP contribution is -1.82. The molecule has 0 amide bonds. The SMILES string of the molecule is C=N/C(=C\C=NCC)c1ccc(C)cc1.CC.CCC. The van der Waals surface area contributed by atoms with E-state index in [2.05, 4.69) is 49.6 Å². The van der Waals surface area contributed by atoms with Gasteiger partial charge in [-0.1, -0.05) is 63.9 Å². The van der Waals surface area contributed by atoms with Gasteiger partial charge in [0.05, 0.1) is 5.70 Å². The molecule has 0 N–H and O–H groups in total. The zero-order chi connectivity index (χ0) is 15.8. The van der Waals surface area contributed by atoms with E-state index in [1.807, 2.05) is 39.0 Å². The highest BCUT2D eigenvalue weighted by molar-refractivity contribution is 5.85. The van der Waals surface area contributed by atoms with Crippen LogP contribution in [-0.2, 0) is 0 Å². The van der Waals surface area contributed by atoms with Crippen molar-refractivity contribution >= 4 is 18.6 Å². The zero-order valence-electron chi connectivity index (χ0n) is 14.0. The molecule has 2 heteroatoms. The summed E-state index contributed by atoms with van der Waals surface area (Å²) in [7, 11) is 0. The van der Waals surface area contributed by atoms with Gasteiger partial charge >= 0.3 is 0 Å². The van der Waals surface area contributed by atoms with Crippen molar-refractivity contribution in [2.75, 3.05) is 6.54 Å². The summed E-state index contributed by atoms with van der Waals surface area (Å²) in [5, 5.41) is 0. The van der Waals surface area contributed by atoms with Crippen LogP contribution in [0.1, 0.15) is 52.2 Å². The summed E-state index contributed by atoms with van der Waals surface area (Å²) in [6.45, 7) is 16.7. The molecular weight excluding hydrogens is 244 g/mol. The Morgan fingerprint density at radius 2 is 1.60 bits per heavy atom. The highest BCUT2D eigenvalue weighted by atomic mass is 14.7. The number of hydrogen-bond acceptors (Lipinski definition) is 2. The molecule has 1 aromatic carbocycles. The molecule has 0 aliphatic rings. The second kappa shape index (κ2) is 15.4. The number of aliphatic imine (C=N–C) groups is 2. The van der Waals surface area contributed by atoms with Gasteiger partial charge in [-0.15, -0.1) is 0 Å². The van der Waals surface area contributed by atoms with Gasteiger partial charge in [-0.05, 0) is 26.6 Å². The van der Waals surface area contributed by atoms with Gasteiger partial charge in [0.15, 0.2) is 0 Å². The lowest BCUT2D eigenvalue weighted by atomic mass is 10.1. The second-order valence-corrected chi connectivity index (χ2v) is 3.93. The van der Waals surface area contributed by atoms with Gasteiger partial charge in [-0.3, -0.25) is 9.98 Å². The fourth-order valence-electron chi connectivity index (χ4n) is 1.19. The topological polar surface area (TPSA) is 24.7 Å². The Labute approximate surface area is 125 Å². The molecule has 2 nitrogen and oxygen atoms in total. The summed E-state index contributed by atoms with van der Waals surface area (Å²) < 4.78 is 0. The number of hydrogen-bond donors (Lipinski definition) is 0. The minimum Gasteiger partial charge on any atom is -0.293 e. The molecule has 0 saturated heterocycles. The molecule has 112 valence electrons. The highest BCUT2D eigenvalue weighted by Crippen LogP contribution is 2.15. The van der Waals surface area contributed by atoms with Crippen molar-refractivity contribution in [2.45, 2.75) is 48.0 Å². The summed E-state index contributed by atoms with van der Waals surface area (Å²) in [5.74, 6) is 0. The molecule has 1 aromatic rings. The van der Waals surface area contributed by atoms with E-state index < -0.39 is 0 Å². The first-order valence-corrected chi connectivity index (χ1v) is 7.43. The zero-order valence-corrected chi connectivity index (χ0v) is 14.0. The van der Waals surface area contributed by atoms with Crippen LogP contribution in [0.4, 0.5) is 0 Å². The molecule has 0 aliphatic heterocycles. The summed E-state index contributed by atoms with van der Waals surface area (Å²) in [6.07, 6.45) is 4.89. The first-order chi connectivity index (χ1) is 9.69. The van der Waals surface area contributed by atoms with Gasteiger partial charge in [0.1, 0.15) is 0 Å². The summed E-state index contributed by atoms with van der Waals surface area (Å²) >= 11 is 0. The molecule has 20 heavy (non-hydrogen) atoms. The quantitative estimate of drug-likeness (QED) is 0.641. The average Bonchev–Trinajstić information content (AvgIpc) is 2.48. The monoisotopic (exact) mass is 274 g/mol. The van der Waals surface area contributed by atoms with Gasteiger partial charge in [-0.2, -0.15) is 0 Å². The smallest absolute Gasteiger partial charge is 0.0709 e. The second-order valence-electron chi connectivity index (χ2n) is 3.93. The maximum atomic E-state index is 4.11. The normalized spacial score (nSPS) is 10.2. The molecule has 0 spiro atoms. The molecule has 0 fully saturated rings. The van der Waals surface area contributed by atoms with Gasteiger partial charge in [0.25, 0.3) is 0 Å². The van der Waals surface area contributed by atoms with Crippen LogP contribution in [0.5, 0.6) is 0 Å². The van der Waals surface area contributed by atoms with Crippen LogP contribution < -0.4 is 0 Å². The molecule has 0 heterocycles. The minimum absolute atomic E-state index is 0.787. The van der Waals surface area contributed by atoms with Gasteiger partial charge in [0.2, 0.25) is 0 Å². The molecule has 0 saturated carbocycles. The molecule has 1 rings (SSSR count). The van der Waals surface area contributed by atoms with Crippen molar-refractivity contribution in [1.82, 2.24) is 0 Å². The first-order valence-electron chi connectivity index (χ1n) is 7.43. The molecule has 0 radical (unpaired) electrons. The largest absolute Gasteiger partial charge is 0.293 e. The molecule has 0 aliphatic carbocycles. The van der Waals surface area contributed by atoms with Gasteiger partial charge in [-0.25, -0.2) is 0 Å². The Hall–Kier alpha value is -1.70. The van der Waals surface area contributed by atoms with E-state index in [-0.39, 0.29) is 0 Å². The third-order valence-corrected chi connectivity index (χ3v) is 2.04. The van der Waals surface area contributed by atoms with Crippen molar-refractivity contribution in [3.63, 3.8) is 0 Å². The van der Waals surface area contributed by atoms with E-state index in [1.54, 1.807) is 6.21 Å². The van der Waals surface area contributed by atoms with E-state index >= 15 is 0 Å². The summed E-state index contributed by atoms with van der Waals surface area (Å²) in [4.78, 5) is 8.09. The standard InChI is InChI=1S/C13H16N2.C3H8.C2H6/c1-4-15-10-9-13(14-3)12-7-5-11(2)6-8-12;1-3-2;1-2/h5-10H,3-4H2,1-2H3;3H2,1-2H3;1-2H3/b13-9-,15-10?;;. The average molecular weight is 274 g/mol. The predicted octanol–water partition coefficient (Wildman–Crippen LogP) is 5.57. The Balaban J connectivity index is 0. The van der Waals surface area contributed by atoms with Gasteiger partial charge in [0, 0.05) is 18.3 Å². The van der Waals surface area contributed by atoms with Crippen LogP contribution in [-0.4, -0.2) is 19.5 Å². The van der Waals surface area contributed by atoms with Crippen LogP contribution in [0, 0.1) is 6.92 Å². The maximum Gasteiger partial charge on any atom is 0.0709 e. The first kappa shape index (κ1) is 20.6. The van der Waals surface area contributed by atoms with E-state index in [1.165, 1.54) is 12.0 Å². The summed E-state index contributed by atoms with van der Waals surface area (Å²) in [5.41, 5.74) is 3.16. The van der Waals surface area contributed by atoms with Crippen molar-refractivity contribution < 1.29 is 0 Å². The van der Waals surface area contributed by atoms with Crippen molar-refractivity contribution in [3.8, 4) is 0 Å². The van der Waals surface area contributed by atoms with Crippen LogP contribution in [0.2, 0.25) is 0 Å². The Morgan fingerprint density at radius 3 is 2.00 bits per heavy atom. The van der Waals surface area contributed by atoms with Crippen molar-refractivity contribution in [1.29, 1.82) is 0 Å². The van der Waals surface area contributed by atoms with Crippen LogP contribution in [0.3, 0.4) is 0 Å². The number of nitrogens with zero attached hydrogens (tertiary/aromatic N) is 2. The highest BCUT2D eigenvalue weighted by Gasteiger charge is 1.96. The fourth-order valence-corrected chi connectivity index (χ4v) is 1.19. The number of allylic oxidation sites excluding steroid dienone is 1. The third kappa shape index (κ3) is 10.2. The predicted molar refractivity (Wildman–Crippen MR) is 95.1 cm³/mol. The van der Waals surface area contributed by atoms with Crippen molar-refractivity contribution in [2.24, 2.45) is 9.98 Å². The lowest BCUT2D eigenvalue weighted by Gasteiger charge is -2.00. The number of rotatable bonds is 4. The van der Waals surface area contributed by atoms with Crippen molar-refractivity contribution in [3.05, 3.63) is 41.5 Å². The molecule has 0 unspecified atom stereocenters. The Bertz CT molecular complexity index is 386. The van der Waals surface area contributed by atoms with E-state index in [0.29, 0.717) is 0 Å². The lowest BCUT2D eigenvalue weighted by molar-refractivity contribution is 1.09. The number of benzene rings is 1. The van der Waals surface area contributed by atoms with E-state index in [0.717, 1.165) is 17.8 Å². The third-order valence-electron chi connectivity index (χ3n) is 2.04. The molecule has 0 bridgehead atoms. The minimum atomic E-state index is 0.787. The molecular formula is C18H30N2. The summed E-state index contributed by atoms with van der Waals surface area (Å²) in [6, 6.07) is 8.20. The van der Waals surface area contributed by atoms with E-state index in [4.69, 9.17) is 0 Å². The molecule has 0 atom stereocenters. The molecule has 0 aromatic heterocycles. The van der Waals surface area contributed by atoms with Crippen LogP contribution >= 0.6 is 0 Å². The maximum absolute atomic E-state index is 4.11.